The first-order chi connectivity index (χ1) is 16.5. The van der Waals surface area contributed by atoms with Crippen LogP contribution in [0.1, 0.15) is 18.4 Å². The average molecular weight is 496 g/mol. The quantitative estimate of drug-likeness (QED) is 0.393. The molecular formula is C24H24F4N2O5. The van der Waals surface area contributed by atoms with Crippen molar-refractivity contribution in [2.45, 2.75) is 31.6 Å². The Labute approximate surface area is 197 Å². The van der Waals surface area contributed by atoms with Gasteiger partial charge in [-0.3, -0.25) is 4.90 Å². The van der Waals surface area contributed by atoms with E-state index in [1.54, 1.807) is 31.4 Å². The standard InChI is InChI=1S/C22H23FN2O3.C2HF3O2/c1-27-18-5-6-21-19(12-18)20(13-22(26)28-21)24-17-7-9-25(10-8-17)14-15-3-2-4-16(23)11-15;3-2(4,5)1(6)7/h2-6,11-13,17,24H,7-10,14H2,1H3;(H,6,7). The van der Waals surface area contributed by atoms with Crippen molar-refractivity contribution in [2.75, 3.05) is 25.5 Å². The maximum absolute atomic E-state index is 13.4. The summed E-state index contributed by atoms with van der Waals surface area (Å²) in [6.07, 6.45) is -3.19. The van der Waals surface area contributed by atoms with E-state index in [2.05, 4.69) is 10.2 Å². The number of likely N-dealkylation sites (tertiary alicyclic amines) is 1. The van der Waals surface area contributed by atoms with Crippen molar-refractivity contribution in [1.29, 1.82) is 0 Å². The molecule has 0 amide bonds. The zero-order chi connectivity index (χ0) is 25.6. The number of methoxy groups -OCH3 is 1. The maximum atomic E-state index is 13.4. The van der Waals surface area contributed by atoms with Crippen LogP contribution in [0.4, 0.5) is 23.2 Å². The van der Waals surface area contributed by atoms with Crippen LogP contribution in [0.15, 0.2) is 57.7 Å². The molecule has 0 bridgehead atoms. The molecule has 4 rings (SSSR count). The number of ether oxygens (including phenoxy) is 1. The number of benzene rings is 2. The van der Waals surface area contributed by atoms with Crippen molar-refractivity contribution < 1.29 is 36.6 Å². The van der Waals surface area contributed by atoms with Gasteiger partial charge in [0, 0.05) is 37.1 Å². The molecule has 2 heterocycles. The Hall–Kier alpha value is -3.60. The van der Waals surface area contributed by atoms with Crippen LogP contribution >= 0.6 is 0 Å². The van der Waals surface area contributed by atoms with Gasteiger partial charge in [-0.1, -0.05) is 12.1 Å². The van der Waals surface area contributed by atoms with E-state index in [-0.39, 0.29) is 17.5 Å². The number of piperidine rings is 1. The number of halogens is 4. The number of aliphatic carboxylic acids is 1. The molecular weight excluding hydrogens is 472 g/mol. The number of carbonyl (C=O) groups is 1. The first-order valence-corrected chi connectivity index (χ1v) is 10.7. The smallest absolute Gasteiger partial charge is 0.490 e. The summed E-state index contributed by atoms with van der Waals surface area (Å²) in [6, 6.07) is 13.9. The maximum Gasteiger partial charge on any atom is 0.490 e. The van der Waals surface area contributed by atoms with Gasteiger partial charge in [-0.15, -0.1) is 0 Å². The van der Waals surface area contributed by atoms with Crippen LogP contribution in [0.25, 0.3) is 11.0 Å². The van der Waals surface area contributed by atoms with Gasteiger partial charge in [-0.25, -0.2) is 14.0 Å². The molecule has 1 aliphatic heterocycles. The topological polar surface area (TPSA) is 92.0 Å². The molecule has 0 spiro atoms. The fraction of sp³-hybridized carbons (Fsp3) is 0.333. The first-order valence-electron chi connectivity index (χ1n) is 10.7. The normalized spacial score (nSPS) is 14.8. The lowest BCUT2D eigenvalue weighted by atomic mass is 10.0. The van der Waals surface area contributed by atoms with Crippen LogP contribution in [-0.4, -0.2) is 48.4 Å². The van der Waals surface area contributed by atoms with E-state index < -0.39 is 12.1 Å². The highest BCUT2D eigenvalue weighted by molar-refractivity contribution is 5.90. The lowest BCUT2D eigenvalue weighted by molar-refractivity contribution is -0.192. The molecule has 0 radical (unpaired) electrons. The summed E-state index contributed by atoms with van der Waals surface area (Å²) in [4.78, 5) is 23.1. The third-order valence-corrected chi connectivity index (χ3v) is 5.43. The van der Waals surface area contributed by atoms with Gasteiger partial charge >= 0.3 is 17.8 Å². The first kappa shape index (κ1) is 26.0. The van der Waals surface area contributed by atoms with Crippen LogP contribution in [-0.2, 0) is 11.3 Å². The van der Waals surface area contributed by atoms with Crippen molar-refractivity contribution in [3.8, 4) is 5.75 Å². The fourth-order valence-electron chi connectivity index (χ4n) is 3.74. The highest BCUT2D eigenvalue weighted by Crippen LogP contribution is 2.28. The second-order valence-electron chi connectivity index (χ2n) is 7.97. The minimum Gasteiger partial charge on any atom is -0.497 e. The molecule has 1 fully saturated rings. The Morgan fingerprint density at radius 1 is 1.17 bits per heavy atom. The molecule has 188 valence electrons. The predicted octanol–water partition coefficient (Wildman–Crippen LogP) is 4.65. The Morgan fingerprint density at radius 3 is 2.46 bits per heavy atom. The van der Waals surface area contributed by atoms with Crippen molar-refractivity contribution >= 4 is 22.6 Å². The molecule has 1 saturated heterocycles. The summed E-state index contributed by atoms with van der Waals surface area (Å²) in [6.45, 7) is 2.58. The van der Waals surface area contributed by atoms with E-state index in [1.807, 2.05) is 12.1 Å². The largest absolute Gasteiger partial charge is 0.497 e. The molecule has 2 aromatic carbocycles. The van der Waals surface area contributed by atoms with Gasteiger partial charge < -0.3 is 19.6 Å². The second-order valence-corrected chi connectivity index (χ2v) is 7.97. The molecule has 1 aromatic heterocycles. The highest BCUT2D eigenvalue weighted by atomic mass is 19.4. The summed E-state index contributed by atoms with van der Waals surface area (Å²) in [7, 11) is 1.61. The van der Waals surface area contributed by atoms with E-state index in [0.29, 0.717) is 11.3 Å². The van der Waals surface area contributed by atoms with E-state index in [0.717, 1.165) is 49.1 Å². The van der Waals surface area contributed by atoms with Crippen LogP contribution in [0.3, 0.4) is 0 Å². The van der Waals surface area contributed by atoms with Gasteiger partial charge in [-0.05, 0) is 48.7 Å². The summed E-state index contributed by atoms with van der Waals surface area (Å²) in [5.74, 6) is -2.24. The molecule has 2 N–H and O–H groups in total. The number of anilines is 1. The minimum absolute atomic E-state index is 0.195. The third kappa shape index (κ3) is 7.44. The Bertz CT molecular complexity index is 1220. The lowest BCUT2D eigenvalue weighted by Gasteiger charge is -2.33. The van der Waals surface area contributed by atoms with E-state index in [9.17, 15) is 22.4 Å². The summed E-state index contributed by atoms with van der Waals surface area (Å²) >= 11 is 0. The third-order valence-electron chi connectivity index (χ3n) is 5.43. The monoisotopic (exact) mass is 496 g/mol. The Morgan fingerprint density at radius 2 is 1.86 bits per heavy atom. The second kappa shape index (κ2) is 11.2. The number of carboxylic acids is 1. The Balaban J connectivity index is 0.000000429. The van der Waals surface area contributed by atoms with Gasteiger partial charge in [0.15, 0.2) is 0 Å². The molecule has 0 unspecified atom stereocenters. The van der Waals surface area contributed by atoms with Gasteiger partial charge in [0.05, 0.1) is 12.8 Å². The number of nitrogens with one attached hydrogen (secondary N) is 1. The van der Waals surface area contributed by atoms with Crippen LogP contribution in [0.5, 0.6) is 5.75 Å². The molecule has 7 nitrogen and oxygen atoms in total. The van der Waals surface area contributed by atoms with Gasteiger partial charge in [0.2, 0.25) is 0 Å². The number of carboxylic acid groups (broad SMARTS) is 1. The zero-order valence-electron chi connectivity index (χ0n) is 18.8. The van der Waals surface area contributed by atoms with Crippen molar-refractivity contribution in [2.24, 2.45) is 0 Å². The molecule has 1 aliphatic rings. The summed E-state index contributed by atoms with van der Waals surface area (Å²) in [5.41, 5.74) is 1.93. The van der Waals surface area contributed by atoms with Gasteiger partial charge in [-0.2, -0.15) is 13.2 Å². The number of alkyl halides is 3. The SMILES string of the molecule is COc1ccc2oc(=O)cc(NC3CCN(Cc4cccc(F)c4)CC3)c2c1.O=C(O)C(F)(F)F. The fourth-order valence-corrected chi connectivity index (χ4v) is 3.74. The van der Waals surface area contributed by atoms with Crippen LogP contribution in [0.2, 0.25) is 0 Å². The molecule has 0 atom stereocenters. The molecule has 11 heteroatoms. The van der Waals surface area contributed by atoms with Crippen LogP contribution in [0, 0.1) is 5.82 Å². The van der Waals surface area contributed by atoms with E-state index >= 15 is 0 Å². The van der Waals surface area contributed by atoms with Crippen molar-refractivity contribution in [1.82, 2.24) is 4.90 Å². The average Bonchev–Trinajstić information content (AvgIpc) is 2.80. The molecule has 0 saturated carbocycles. The molecule has 0 aliphatic carbocycles. The lowest BCUT2D eigenvalue weighted by Crippen LogP contribution is -2.38. The van der Waals surface area contributed by atoms with E-state index in [4.69, 9.17) is 19.1 Å². The molecule has 35 heavy (non-hydrogen) atoms. The predicted molar refractivity (Wildman–Crippen MR) is 121 cm³/mol. The van der Waals surface area contributed by atoms with Crippen molar-refractivity contribution in [3.63, 3.8) is 0 Å². The van der Waals surface area contributed by atoms with Crippen molar-refractivity contribution in [3.05, 3.63) is 70.3 Å². The number of hydrogen-bond donors (Lipinski definition) is 2. The van der Waals surface area contributed by atoms with Crippen LogP contribution < -0.4 is 15.7 Å². The summed E-state index contributed by atoms with van der Waals surface area (Å²) < 4.78 is 55.7. The van der Waals surface area contributed by atoms with Gasteiger partial charge in [0.25, 0.3) is 0 Å². The highest BCUT2D eigenvalue weighted by Gasteiger charge is 2.38. The Kier molecular flexibility index (Phi) is 8.34. The minimum atomic E-state index is -5.08. The summed E-state index contributed by atoms with van der Waals surface area (Å²) in [5, 5.41) is 11.5. The number of rotatable bonds is 5. The van der Waals surface area contributed by atoms with Gasteiger partial charge in [0.1, 0.15) is 17.1 Å². The zero-order valence-corrected chi connectivity index (χ0v) is 18.8. The molecule has 3 aromatic rings. The van der Waals surface area contributed by atoms with E-state index in [1.165, 1.54) is 12.1 Å². The number of fused-ring (bicyclic) bond motifs is 1. The number of nitrogens with zero attached hydrogens (tertiary/aromatic N) is 1. The number of hydrogen-bond acceptors (Lipinski definition) is 6.